The zero-order valence-corrected chi connectivity index (χ0v) is 10.4. The van der Waals surface area contributed by atoms with Crippen molar-refractivity contribution in [2.75, 3.05) is 11.9 Å². The molecule has 4 heteroatoms. The summed E-state index contributed by atoms with van der Waals surface area (Å²) in [7, 11) is 0. The van der Waals surface area contributed by atoms with E-state index in [1.165, 1.54) is 0 Å². The third-order valence-corrected chi connectivity index (χ3v) is 2.41. The van der Waals surface area contributed by atoms with Crippen LogP contribution in [0.15, 0.2) is 60.9 Å². The molecule has 0 unspecified atom stereocenters. The summed E-state index contributed by atoms with van der Waals surface area (Å²) in [5.74, 6) is 0. The van der Waals surface area contributed by atoms with Gasteiger partial charge in [-0.25, -0.2) is 4.79 Å². The van der Waals surface area contributed by atoms with E-state index in [2.05, 4.69) is 15.6 Å². The lowest BCUT2D eigenvalue weighted by atomic mass is 10.2. The Balaban J connectivity index is 1.74. The number of pyridine rings is 1. The predicted octanol–water partition coefficient (Wildman–Crippen LogP) is 2.92. The van der Waals surface area contributed by atoms with E-state index >= 15 is 0 Å². The molecule has 0 saturated carbocycles. The molecule has 0 bridgehead atoms. The first kappa shape index (κ1) is 12.8. The summed E-state index contributed by atoms with van der Waals surface area (Å²) in [4.78, 5) is 15.5. The van der Waals surface area contributed by atoms with Gasteiger partial charge in [0.15, 0.2) is 0 Å². The quantitative estimate of drug-likeness (QED) is 0.880. The number of rotatable bonds is 4. The molecule has 0 aliphatic carbocycles. The van der Waals surface area contributed by atoms with Crippen LogP contribution in [0.3, 0.4) is 0 Å². The molecular formula is C15H15N3O. The lowest BCUT2D eigenvalue weighted by Gasteiger charge is -2.04. The van der Waals surface area contributed by atoms with Crippen molar-refractivity contribution in [1.82, 2.24) is 10.3 Å². The van der Waals surface area contributed by atoms with Gasteiger partial charge in [-0.05, 0) is 17.7 Å². The van der Waals surface area contributed by atoms with Crippen LogP contribution in [0.5, 0.6) is 0 Å². The van der Waals surface area contributed by atoms with E-state index < -0.39 is 0 Å². The van der Waals surface area contributed by atoms with Crippen molar-refractivity contribution < 1.29 is 4.79 Å². The molecular weight excluding hydrogens is 238 g/mol. The molecule has 2 rings (SSSR count). The zero-order chi connectivity index (χ0) is 13.3. The first-order chi connectivity index (χ1) is 9.34. The number of benzene rings is 1. The van der Waals surface area contributed by atoms with Crippen LogP contribution in [0.25, 0.3) is 6.08 Å². The minimum Gasteiger partial charge on any atom is -0.334 e. The maximum absolute atomic E-state index is 11.5. The van der Waals surface area contributed by atoms with E-state index in [1.807, 2.05) is 42.5 Å². The van der Waals surface area contributed by atoms with Crippen molar-refractivity contribution in [2.24, 2.45) is 0 Å². The normalized spacial score (nSPS) is 10.3. The third kappa shape index (κ3) is 4.63. The Morgan fingerprint density at radius 2 is 2.00 bits per heavy atom. The number of carbonyl (C=O) groups is 1. The molecule has 1 heterocycles. The van der Waals surface area contributed by atoms with Gasteiger partial charge in [0.25, 0.3) is 0 Å². The molecule has 0 atom stereocenters. The van der Waals surface area contributed by atoms with Crippen LogP contribution in [-0.4, -0.2) is 17.6 Å². The van der Waals surface area contributed by atoms with Crippen LogP contribution in [0.2, 0.25) is 0 Å². The maximum Gasteiger partial charge on any atom is 0.319 e. The van der Waals surface area contributed by atoms with Crippen LogP contribution >= 0.6 is 0 Å². The lowest BCUT2D eigenvalue weighted by Crippen LogP contribution is -2.28. The fourth-order valence-corrected chi connectivity index (χ4v) is 1.52. The summed E-state index contributed by atoms with van der Waals surface area (Å²) in [6.07, 6.45) is 7.12. The van der Waals surface area contributed by atoms with Crippen molar-refractivity contribution in [3.63, 3.8) is 0 Å². The van der Waals surface area contributed by atoms with Crippen LogP contribution in [0, 0.1) is 0 Å². The van der Waals surface area contributed by atoms with E-state index in [0.29, 0.717) is 12.2 Å². The summed E-state index contributed by atoms with van der Waals surface area (Å²) in [6, 6.07) is 13.2. The number of hydrogen-bond acceptors (Lipinski definition) is 2. The van der Waals surface area contributed by atoms with Crippen LogP contribution in [0.4, 0.5) is 10.5 Å². The molecule has 0 saturated heterocycles. The van der Waals surface area contributed by atoms with Crippen molar-refractivity contribution in [1.29, 1.82) is 0 Å². The number of carbonyl (C=O) groups excluding carboxylic acids is 1. The van der Waals surface area contributed by atoms with Gasteiger partial charge in [-0.2, -0.15) is 0 Å². The maximum atomic E-state index is 11.5. The van der Waals surface area contributed by atoms with Gasteiger partial charge in [0.2, 0.25) is 0 Å². The summed E-state index contributed by atoms with van der Waals surface area (Å²) in [5.41, 5.74) is 1.78. The molecule has 96 valence electrons. The first-order valence-electron chi connectivity index (χ1n) is 6.01. The summed E-state index contributed by atoms with van der Waals surface area (Å²) in [5, 5.41) is 5.43. The van der Waals surface area contributed by atoms with Crippen molar-refractivity contribution >= 4 is 17.8 Å². The molecule has 0 aliphatic rings. The number of amides is 2. The van der Waals surface area contributed by atoms with E-state index in [-0.39, 0.29) is 6.03 Å². The Labute approximate surface area is 112 Å². The molecule has 0 spiro atoms. The highest BCUT2D eigenvalue weighted by atomic mass is 16.2. The van der Waals surface area contributed by atoms with Gasteiger partial charge in [0.1, 0.15) is 0 Å². The predicted molar refractivity (Wildman–Crippen MR) is 76.7 cm³/mol. The zero-order valence-electron chi connectivity index (χ0n) is 10.4. The molecule has 4 nitrogen and oxygen atoms in total. The van der Waals surface area contributed by atoms with Gasteiger partial charge >= 0.3 is 6.03 Å². The summed E-state index contributed by atoms with van der Waals surface area (Å²) < 4.78 is 0. The van der Waals surface area contributed by atoms with Gasteiger partial charge in [-0.1, -0.05) is 42.5 Å². The number of aromatic nitrogens is 1. The average Bonchev–Trinajstić information content (AvgIpc) is 2.46. The highest BCUT2D eigenvalue weighted by Gasteiger charge is 1.98. The number of urea groups is 1. The molecule has 2 N–H and O–H groups in total. The Kier molecular flexibility index (Phi) is 4.70. The molecule has 2 amide bonds. The molecule has 1 aromatic carbocycles. The second kappa shape index (κ2) is 6.96. The smallest absolute Gasteiger partial charge is 0.319 e. The van der Waals surface area contributed by atoms with Crippen molar-refractivity contribution in [3.05, 3.63) is 66.5 Å². The molecule has 1 aromatic heterocycles. The van der Waals surface area contributed by atoms with Crippen LogP contribution in [0.1, 0.15) is 5.56 Å². The van der Waals surface area contributed by atoms with Gasteiger partial charge in [0.05, 0.1) is 11.9 Å². The molecule has 0 radical (unpaired) electrons. The summed E-state index contributed by atoms with van der Waals surface area (Å²) >= 11 is 0. The van der Waals surface area contributed by atoms with Crippen LogP contribution in [-0.2, 0) is 0 Å². The fourth-order valence-electron chi connectivity index (χ4n) is 1.52. The number of hydrogen-bond donors (Lipinski definition) is 2. The standard InChI is InChI=1S/C15H15N3O/c19-15(18-14-9-5-10-16-12-14)17-11-4-8-13-6-2-1-3-7-13/h1-10,12H,11H2,(H2,17,18,19). The summed E-state index contributed by atoms with van der Waals surface area (Å²) in [6.45, 7) is 0.473. The van der Waals surface area contributed by atoms with Crippen LogP contribution < -0.4 is 10.6 Å². The monoisotopic (exact) mass is 253 g/mol. The van der Waals surface area contributed by atoms with Gasteiger partial charge in [0, 0.05) is 12.7 Å². The molecule has 0 fully saturated rings. The Morgan fingerprint density at radius 3 is 2.74 bits per heavy atom. The number of nitrogens with one attached hydrogen (secondary N) is 2. The largest absolute Gasteiger partial charge is 0.334 e. The molecule has 2 aromatic rings. The minimum atomic E-state index is -0.245. The Morgan fingerprint density at radius 1 is 1.16 bits per heavy atom. The minimum absolute atomic E-state index is 0.245. The van der Waals surface area contributed by atoms with E-state index in [1.54, 1.807) is 24.5 Å². The second-order valence-corrected chi connectivity index (χ2v) is 3.89. The van der Waals surface area contributed by atoms with Crippen molar-refractivity contribution in [2.45, 2.75) is 0 Å². The van der Waals surface area contributed by atoms with Gasteiger partial charge in [-0.15, -0.1) is 0 Å². The fraction of sp³-hybridized carbons (Fsp3) is 0.0667. The first-order valence-corrected chi connectivity index (χ1v) is 6.01. The lowest BCUT2D eigenvalue weighted by molar-refractivity contribution is 0.253. The van der Waals surface area contributed by atoms with E-state index in [4.69, 9.17) is 0 Å². The number of nitrogens with zero attached hydrogens (tertiary/aromatic N) is 1. The van der Waals surface area contributed by atoms with Crippen molar-refractivity contribution in [3.8, 4) is 0 Å². The third-order valence-electron chi connectivity index (χ3n) is 2.41. The Bertz CT molecular complexity index is 538. The SMILES string of the molecule is O=C(NCC=Cc1ccccc1)Nc1cccnc1. The average molecular weight is 253 g/mol. The Hall–Kier alpha value is -2.62. The van der Waals surface area contributed by atoms with Gasteiger partial charge in [-0.3, -0.25) is 4.98 Å². The van der Waals surface area contributed by atoms with E-state index in [9.17, 15) is 4.79 Å². The topological polar surface area (TPSA) is 54.0 Å². The molecule has 0 aliphatic heterocycles. The van der Waals surface area contributed by atoms with Gasteiger partial charge < -0.3 is 10.6 Å². The second-order valence-electron chi connectivity index (χ2n) is 3.89. The number of anilines is 1. The highest BCUT2D eigenvalue weighted by Crippen LogP contribution is 2.02. The van der Waals surface area contributed by atoms with E-state index in [0.717, 1.165) is 5.56 Å². The highest BCUT2D eigenvalue weighted by molar-refractivity contribution is 5.89. The molecule has 19 heavy (non-hydrogen) atoms.